The van der Waals surface area contributed by atoms with Gasteiger partial charge in [0.1, 0.15) is 0 Å². The molecule has 1 aromatic carbocycles. The SMILES string of the molecule is CNCCNCc1ccc2oc(=O)[nH]c2c1. The number of H-pyrrole nitrogens is 1. The van der Waals surface area contributed by atoms with Gasteiger partial charge in [-0.05, 0) is 24.7 Å². The van der Waals surface area contributed by atoms with E-state index in [2.05, 4.69) is 15.6 Å². The van der Waals surface area contributed by atoms with Crippen molar-refractivity contribution in [3.63, 3.8) is 0 Å². The Morgan fingerprint density at radius 2 is 2.25 bits per heavy atom. The monoisotopic (exact) mass is 221 g/mol. The minimum atomic E-state index is -0.407. The van der Waals surface area contributed by atoms with Gasteiger partial charge in [0.15, 0.2) is 5.58 Å². The molecule has 5 heteroatoms. The molecule has 0 spiro atoms. The third-order valence-corrected chi connectivity index (χ3v) is 2.36. The fraction of sp³-hybridized carbons (Fsp3) is 0.364. The highest BCUT2D eigenvalue weighted by Crippen LogP contribution is 2.11. The number of hydrogen-bond acceptors (Lipinski definition) is 4. The first-order valence-corrected chi connectivity index (χ1v) is 5.26. The number of fused-ring (bicyclic) bond motifs is 1. The van der Waals surface area contributed by atoms with Gasteiger partial charge in [-0.25, -0.2) is 4.79 Å². The van der Waals surface area contributed by atoms with Gasteiger partial charge in [0.05, 0.1) is 5.52 Å². The summed E-state index contributed by atoms with van der Waals surface area (Å²) in [7, 11) is 1.92. The Kier molecular flexibility index (Phi) is 3.38. The van der Waals surface area contributed by atoms with Gasteiger partial charge < -0.3 is 15.1 Å². The number of rotatable bonds is 5. The molecule has 2 rings (SSSR count). The molecule has 0 radical (unpaired) electrons. The molecule has 0 atom stereocenters. The van der Waals surface area contributed by atoms with Crippen LogP contribution in [-0.4, -0.2) is 25.1 Å². The van der Waals surface area contributed by atoms with Gasteiger partial charge >= 0.3 is 5.76 Å². The highest BCUT2D eigenvalue weighted by molar-refractivity contribution is 5.72. The quantitative estimate of drug-likeness (QED) is 0.640. The smallest absolute Gasteiger partial charge is 0.408 e. The minimum absolute atomic E-state index is 0.407. The van der Waals surface area contributed by atoms with Crippen molar-refractivity contribution in [2.24, 2.45) is 0 Å². The van der Waals surface area contributed by atoms with E-state index in [0.29, 0.717) is 5.58 Å². The van der Waals surface area contributed by atoms with Crippen molar-refractivity contribution in [1.29, 1.82) is 0 Å². The molecule has 0 saturated heterocycles. The summed E-state index contributed by atoms with van der Waals surface area (Å²) in [6.45, 7) is 2.63. The maximum atomic E-state index is 11.0. The van der Waals surface area contributed by atoms with Crippen LogP contribution in [0.25, 0.3) is 11.1 Å². The van der Waals surface area contributed by atoms with Gasteiger partial charge in [-0.2, -0.15) is 0 Å². The van der Waals surface area contributed by atoms with E-state index in [0.717, 1.165) is 30.7 Å². The summed E-state index contributed by atoms with van der Waals surface area (Å²) in [5, 5.41) is 6.35. The zero-order valence-electron chi connectivity index (χ0n) is 9.17. The van der Waals surface area contributed by atoms with E-state index < -0.39 is 5.76 Å². The Morgan fingerprint density at radius 1 is 1.38 bits per heavy atom. The molecular weight excluding hydrogens is 206 g/mol. The Hall–Kier alpha value is -1.59. The summed E-state index contributed by atoms with van der Waals surface area (Å²) >= 11 is 0. The summed E-state index contributed by atoms with van der Waals surface area (Å²) in [5.74, 6) is -0.407. The molecule has 2 aromatic rings. The molecule has 16 heavy (non-hydrogen) atoms. The first-order valence-electron chi connectivity index (χ1n) is 5.26. The molecule has 0 amide bonds. The fourth-order valence-electron chi connectivity index (χ4n) is 1.56. The molecule has 1 aromatic heterocycles. The maximum Gasteiger partial charge on any atom is 0.417 e. The van der Waals surface area contributed by atoms with Crippen molar-refractivity contribution in [2.45, 2.75) is 6.54 Å². The number of benzene rings is 1. The highest BCUT2D eigenvalue weighted by atomic mass is 16.4. The lowest BCUT2D eigenvalue weighted by Crippen LogP contribution is -2.24. The van der Waals surface area contributed by atoms with Crippen molar-refractivity contribution in [3.8, 4) is 0 Å². The Balaban J connectivity index is 2.04. The second kappa shape index (κ2) is 4.96. The molecule has 1 heterocycles. The predicted molar refractivity (Wildman–Crippen MR) is 62.5 cm³/mol. The maximum absolute atomic E-state index is 11.0. The molecular formula is C11H15N3O2. The van der Waals surface area contributed by atoms with Crippen molar-refractivity contribution < 1.29 is 4.42 Å². The van der Waals surface area contributed by atoms with E-state index in [-0.39, 0.29) is 0 Å². The van der Waals surface area contributed by atoms with Crippen LogP contribution in [0.15, 0.2) is 27.4 Å². The van der Waals surface area contributed by atoms with Gasteiger partial charge in [0.2, 0.25) is 0 Å². The third-order valence-electron chi connectivity index (χ3n) is 2.36. The van der Waals surface area contributed by atoms with E-state index in [9.17, 15) is 4.79 Å². The van der Waals surface area contributed by atoms with Crippen LogP contribution < -0.4 is 16.4 Å². The van der Waals surface area contributed by atoms with Crippen LogP contribution >= 0.6 is 0 Å². The summed E-state index contributed by atoms with van der Waals surface area (Å²) in [6, 6.07) is 5.68. The Morgan fingerprint density at radius 3 is 3.06 bits per heavy atom. The molecule has 0 aliphatic carbocycles. The van der Waals surface area contributed by atoms with E-state index >= 15 is 0 Å². The molecule has 0 aliphatic rings. The molecule has 0 unspecified atom stereocenters. The van der Waals surface area contributed by atoms with Crippen LogP contribution in [0.4, 0.5) is 0 Å². The fourth-order valence-corrected chi connectivity index (χ4v) is 1.56. The van der Waals surface area contributed by atoms with Crippen molar-refractivity contribution in [2.75, 3.05) is 20.1 Å². The van der Waals surface area contributed by atoms with E-state index in [1.807, 2.05) is 25.2 Å². The Labute approximate surface area is 92.8 Å². The average Bonchev–Trinajstić information content (AvgIpc) is 2.64. The second-order valence-corrected chi connectivity index (χ2v) is 3.63. The normalized spacial score (nSPS) is 11.1. The van der Waals surface area contributed by atoms with E-state index in [1.54, 1.807) is 0 Å². The largest absolute Gasteiger partial charge is 0.417 e. The van der Waals surface area contributed by atoms with Crippen LogP contribution in [0.2, 0.25) is 0 Å². The van der Waals surface area contributed by atoms with Crippen LogP contribution in [-0.2, 0) is 6.54 Å². The number of aromatic nitrogens is 1. The molecule has 0 bridgehead atoms. The molecule has 86 valence electrons. The average molecular weight is 221 g/mol. The predicted octanol–water partition coefficient (Wildman–Crippen LogP) is 0.430. The lowest BCUT2D eigenvalue weighted by atomic mass is 10.2. The Bertz CT molecular complexity index is 515. The first-order chi connectivity index (χ1) is 7.79. The van der Waals surface area contributed by atoms with Crippen LogP contribution in [0, 0.1) is 0 Å². The zero-order valence-corrected chi connectivity index (χ0v) is 9.17. The van der Waals surface area contributed by atoms with Crippen LogP contribution in [0.5, 0.6) is 0 Å². The lowest BCUT2D eigenvalue weighted by Gasteiger charge is -2.03. The van der Waals surface area contributed by atoms with Crippen molar-refractivity contribution in [1.82, 2.24) is 15.6 Å². The van der Waals surface area contributed by atoms with Gasteiger partial charge in [0, 0.05) is 19.6 Å². The lowest BCUT2D eigenvalue weighted by molar-refractivity contribution is 0.555. The second-order valence-electron chi connectivity index (χ2n) is 3.63. The van der Waals surface area contributed by atoms with Crippen molar-refractivity contribution in [3.05, 3.63) is 34.3 Å². The summed E-state index contributed by atoms with van der Waals surface area (Å²) in [4.78, 5) is 13.6. The third kappa shape index (κ3) is 2.50. The number of nitrogens with one attached hydrogen (secondary N) is 3. The first kappa shape index (κ1) is 10.9. The highest BCUT2D eigenvalue weighted by Gasteiger charge is 2.01. The van der Waals surface area contributed by atoms with Gasteiger partial charge in [-0.1, -0.05) is 6.07 Å². The molecule has 0 fully saturated rings. The number of aromatic amines is 1. The zero-order chi connectivity index (χ0) is 11.4. The van der Waals surface area contributed by atoms with E-state index in [4.69, 9.17) is 4.42 Å². The van der Waals surface area contributed by atoms with Gasteiger partial charge in [-0.15, -0.1) is 0 Å². The van der Waals surface area contributed by atoms with E-state index in [1.165, 1.54) is 0 Å². The number of hydrogen-bond donors (Lipinski definition) is 3. The molecule has 5 nitrogen and oxygen atoms in total. The molecule has 0 aliphatic heterocycles. The molecule has 3 N–H and O–H groups in total. The standard InChI is InChI=1S/C11H15N3O2/c1-12-4-5-13-7-8-2-3-10-9(6-8)14-11(15)16-10/h2-3,6,12-13H,4-5,7H2,1H3,(H,14,15). The van der Waals surface area contributed by atoms with Crippen molar-refractivity contribution >= 4 is 11.1 Å². The number of oxazole rings is 1. The number of likely N-dealkylation sites (N-methyl/N-ethyl adjacent to an activating group) is 1. The topological polar surface area (TPSA) is 70.1 Å². The van der Waals surface area contributed by atoms with Crippen LogP contribution in [0.3, 0.4) is 0 Å². The van der Waals surface area contributed by atoms with Gasteiger partial charge in [-0.3, -0.25) is 4.98 Å². The van der Waals surface area contributed by atoms with Crippen LogP contribution in [0.1, 0.15) is 5.56 Å². The minimum Gasteiger partial charge on any atom is -0.408 e. The summed E-state index contributed by atoms with van der Waals surface area (Å²) in [5.41, 5.74) is 2.47. The summed E-state index contributed by atoms with van der Waals surface area (Å²) in [6.07, 6.45) is 0. The summed E-state index contributed by atoms with van der Waals surface area (Å²) < 4.78 is 4.92. The van der Waals surface area contributed by atoms with Gasteiger partial charge in [0.25, 0.3) is 0 Å². The molecule has 0 saturated carbocycles.